The van der Waals surface area contributed by atoms with Crippen LogP contribution in [0.2, 0.25) is 0 Å². The number of likely N-dealkylation sites (N-methyl/N-ethyl adjacent to an activating group) is 1. The zero-order valence-electron chi connectivity index (χ0n) is 26.2. The largest absolute Gasteiger partial charge is 0.390 e. The third kappa shape index (κ3) is 9.49. The van der Waals surface area contributed by atoms with Crippen molar-refractivity contribution in [1.29, 1.82) is 0 Å². The molecule has 2 aliphatic rings. The van der Waals surface area contributed by atoms with E-state index in [9.17, 15) is 24.6 Å². The van der Waals surface area contributed by atoms with Crippen molar-refractivity contribution < 1.29 is 24.6 Å². The van der Waals surface area contributed by atoms with Crippen molar-refractivity contribution in [1.82, 2.24) is 20.1 Å². The number of aliphatic hydroxyl groups excluding tert-OH is 2. The van der Waals surface area contributed by atoms with Crippen LogP contribution >= 0.6 is 11.3 Å². The van der Waals surface area contributed by atoms with Crippen LogP contribution in [0.4, 0.5) is 5.13 Å². The number of aromatic nitrogens is 1. The van der Waals surface area contributed by atoms with Gasteiger partial charge in [-0.05, 0) is 43.6 Å². The fraction of sp³-hybridized carbons (Fsp3) is 0.636. The molecule has 2 aromatic rings. The molecule has 0 bridgehead atoms. The zero-order valence-corrected chi connectivity index (χ0v) is 27.0. The van der Waals surface area contributed by atoms with Crippen molar-refractivity contribution >= 4 is 34.2 Å². The Kier molecular flexibility index (Phi) is 12.2. The number of hydrogen-bond acceptors (Lipinski definition) is 8. The summed E-state index contributed by atoms with van der Waals surface area (Å²) in [5, 5.41) is 27.9. The minimum Gasteiger partial charge on any atom is -0.390 e. The van der Waals surface area contributed by atoms with Gasteiger partial charge in [-0.1, -0.05) is 62.4 Å². The topological polar surface area (TPSA) is 149 Å². The second-order valence-electron chi connectivity index (χ2n) is 12.9. The van der Waals surface area contributed by atoms with Gasteiger partial charge in [0.1, 0.15) is 12.6 Å². The van der Waals surface area contributed by atoms with Gasteiger partial charge in [0.05, 0.1) is 29.8 Å². The quantitative estimate of drug-likeness (QED) is 0.236. The van der Waals surface area contributed by atoms with Crippen molar-refractivity contribution in [2.24, 2.45) is 17.8 Å². The average Bonchev–Trinajstić information content (AvgIpc) is 3.79. The molecule has 1 aromatic heterocycles. The van der Waals surface area contributed by atoms with E-state index in [1.807, 2.05) is 37.3 Å². The Balaban J connectivity index is 1.64. The highest BCUT2D eigenvalue weighted by Crippen LogP contribution is 2.38. The maximum Gasteiger partial charge on any atom is 0.241 e. The molecule has 2 aliphatic carbocycles. The highest BCUT2D eigenvalue weighted by Gasteiger charge is 2.44. The van der Waals surface area contributed by atoms with Crippen LogP contribution in [-0.4, -0.2) is 81.6 Å². The maximum atomic E-state index is 14.6. The fourth-order valence-electron chi connectivity index (χ4n) is 6.30. The third-order valence-corrected chi connectivity index (χ3v) is 9.84. The maximum absolute atomic E-state index is 14.6. The Morgan fingerprint density at radius 1 is 1.07 bits per heavy atom. The number of anilines is 1. The molecule has 2 saturated carbocycles. The predicted molar refractivity (Wildman–Crippen MR) is 171 cm³/mol. The number of nitrogens with one attached hydrogen (secondary N) is 1. The first-order valence-electron chi connectivity index (χ1n) is 15.9. The Bertz CT molecular complexity index is 1230. The van der Waals surface area contributed by atoms with Crippen LogP contribution in [0.5, 0.6) is 0 Å². The minimum atomic E-state index is -1.20. The number of nitrogen functional groups attached to an aromatic ring is 1. The Hall–Kier alpha value is -3.02. The molecule has 242 valence electrons. The van der Waals surface area contributed by atoms with E-state index < -0.39 is 30.1 Å². The van der Waals surface area contributed by atoms with Gasteiger partial charge < -0.3 is 31.1 Å². The molecule has 1 heterocycles. The van der Waals surface area contributed by atoms with Crippen LogP contribution in [0.15, 0.2) is 35.7 Å². The molecule has 0 saturated heterocycles. The molecule has 0 spiro atoms. The molecule has 44 heavy (non-hydrogen) atoms. The first-order chi connectivity index (χ1) is 21.0. The number of thiazole rings is 1. The van der Waals surface area contributed by atoms with Crippen LogP contribution in [0.3, 0.4) is 0 Å². The van der Waals surface area contributed by atoms with Crippen LogP contribution in [-0.2, 0) is 20.8 Å². The molecule has 3 amide bonds. The van der Waals surface area contributed by atoms with Crippen LogP contribution in [0, 0.1) is 17.8 Å². The molecule has 0 radical (unpaired) electrons. The average molecular weight is 628 g/mol. The number of aliphatic hydroxyl groups is 2. The molecule has 1 aromatic carbocycles. The number of carbonyl (C=O) groups excluding carboxylic acids is 3. The van der Waals surface area contributed by atoms with E-state index in [0.29, 0.717) is 17.2 Å². The van der Waals surface area contributed by atoms with Gasteiger partial charge in [0.15, 0.2) is 5.13 Å². The first-order valence-corrected chi connectivity index (χ1v) is 16.8. The minimum absolute atomic E-state index is 0.0145. The van der Waals surface area contributed by atoms with Gasteiger partial charge in [0, 0.05) is 32.3 Å². The summed E-state index contributed by atoms with van der Waals surface area (Å²) < 4.78 is 0. The molecule has 0 unspecified atom stereocenters. The monoisotopic (exact) mass is 627 g/mol. The predicted octanol–water partition coefficient (Wildman–Crippen LogP) is 3.54. The summed E-state index contributed by atoms with van der Waals surface area (Å²) in [5.74, 6) is -1.60. The van der Waals surface area contributed by atoms with Crippen LogP contribution in [0.25, 0.3) is 0 Å². The zero-order chi connectivity index (χ0) is 31.8. The van der Waals surface area contributed by atoms with E-state index >= 15 is 0 Å². The number of nitrogens with zero attached hydrogens (tertiary/aromatic N) is 3. The van der Waals surface area contributed by atoms with Gasteiger partial charge in [-0.15, -0.1) is 11.3 Å². The van der Waals surface area contributed by atoms with Gasteiger partial charge in [-0.2, -0.15) is 0 Å². The van der Waals surface area contributed by atoms with Crippen molar-refractivity contribution in [2.45, 2.75) is 95.4 Å². The lowest BCUT2D eigenvalue weighted by molar-refractivity contribution is -0.151. The Labute approximate surface area is 265 Å². The van der Waals surface area contributed by atoms with Crippen molar-refractivity contribution in [3.05, 3.63) is 47.0 Å². The highest BCUT2D eigenvalue weighted by molar-refractivity contribution is 7.13. The number of amides is 3. The van der Waals surface area contributed by atoms with Crippen LogP contribution < -0.4 is 11.1 Å². The molecular formula is C33H49N5O5S. The van der Waals surface area contributed by atoms with E-state index in [4.69, 9.17) is 5.73 Å². The van der Waals surface area contributed by atoms with Gasteiger partial charge in [-0.3, -0.25) is 14.4 Å². The number of carbonyl (C=O) groups is 3. The second-order valence-corrected chi connectivity index (χ2v) is 13.8. The van der Waals surface area contributed by atoms with E-state index in [2.05, 4.69) is 10.3 Å². The molecule has 5 N–H and O–H groups in total. The molecule has 2 fully saturated rings. The Morgan fingerprint density at radius 2 is 1.75 bits per heavy atom. The van der Waals surface area contributed by atoms with Crippen molar-refractivity contribution in [3.8, 4) is 0 Å². The van der Waals surface area contributed by atoms with E-state index in [-0.39, 0.29) is 49.1 Å². The summed E-state index contributed by atoms with van der Waals surface area (Å²) in [7, 11) is 3.26. The standard InChI is InChI=1S/C33H49N5O5S/c1-21(23-12-8-5-9-13-23)35-28(39)18-25(17-26-20-44-33(34)36-26)32(43)38(19-29(40)37(2)3)27(16-22-10-6-4-7-11-22)31(42)30(41)24-14-15-24/h5,8-9,12-13,20-22,24-25,27,30-31,41-42H,4,6-7,10-11,14-19H2,1-3H3,(H2,34,36)(H,35,39)/t21-,25+,27-,30-,31+/m0/s1. The van der Waals surface area contributed by atoms with Gasteiger partial charge in [-0.25, -0.2) is 4.98 Å². The fourth-order valence-corrected chi connectivity index (χ4v) is 6.88. The second kappa shape index (κ2) is 15.8. The van der Waals surface area contributed by atoms with Crippen molar-refractivity contribution in [3.63, 3.8) is 0 Å². The lowest BCUT2D eigenvalue weighted by atomic mass is 9.81. The van der Waals surface area contributed by atoms with E-state index in [1.54, 1.807) is 19.5 Å². The number of rotatable bonds is 15. The summed E-state index contributed by atoms with van der Waals surface area (Å²) in [5.41, 5.74) is 7.44. The SMILES string of the molecule is C[C@H](NC(=O)C[C@@H](Cc1csc(N)n1)C(=O)N(CC(=O)N(C)C)[C@@H](CC1CCCCC1)[C@@H](O)[C@@H](O)C1CC1)c1ccccc1. The number of benzene rings is 1. The van der Waals surface area contributed by atoms with E-state index in [0.717, 1.165) is 50.5 Å². The van der Waals surface area contributed by atoms with E-state index in [1.165, 1.54) is 21.1 Å². The number of nitrogens with two attached hydrogens (primary N) is 1. The van der Waals surface area contributed by atoms with Gasteiger partial charge in [0.25, 0.3) is 0 Å². The summed E-state index contributed by atoms with van der Waals surface area (Å²) in [6.45, 7) is 1.64. The summed E-state index contributed by atoms with van der Waals surface area (Å²) in [4.78, 5) is 48.5. The first kappa shape index (κ1) is 33.9. The molecule has 11 heteroatoms. The lowest BCUT2D eigenvalue weighted by Gasteiger charge is -2.40. The summed E-state index contributed by atoms with van der Waals surface area (Å²) >= 11 is 1.26. The van der Waals surface area contributed by atoms with Crippen molar-refractivity contribution in [2.75, 3.05) is 26.4 Å². The van der Waals surface area contributed by atoms with Gasteiger partial charge in [0.2, 0.25) is 17.7 Å². The Morgan fingerprint density at radius 3 is 2.34 bits per heavy atom. The molecule has 5 atom stereocenters. The summed E-state index contributed by atoms with van der Waals surface area (Å²) in [6, 6.07) is 8.56. The highest BCUT2D eigenvalue weighted by atomic mass is 32.1. The number of hydrogen-bond donors (Lipinski definition) is 4. The van der Waals surface area contributed by atoms with Crippen LogP contribution in [0.1, 0.15) is 82.0 Å². The smallest absolute Gasteiger partial charge is 0.241 e. The lowest BCUT2D eigenvalue weighted by Crippen LogP contribution is -2.56. The molecule has 4 rings (SSSR count). The molecule has 10 nitrogen and oxygen atoms in total. The van der Waals surface area contributed by atoms with Gasteiger partial charge >= 0.3 is 0 Å². The normalized spacial score (nSPS) is 18.9. The third-order valence-electron chi connectivity index (χ3n) is 9.12. The molecular weight excluding hydrogens is 578 g/mol. The summed E-state index contributed by atoms with van der Waals surface area (Å²) in [6.07, 6.45) is 5.26. The molecule has 0 aliphatic heterocycles.